The molecule has 1 aromatic carbocycles. The number of benzene rings is 1. The molecule has 11 heteroatoms. The van der Waals surface area contributed by atoms with Crippen molar-refractivity contribution in [1.82, 2.24) is 14.8 Å². The lowest BCUT2D eigenvalue weighted by Crippen LogP contribution is -2.48. The van der Waals surface area contributed by atoms with Crippen LogP contribution in [-0.2, 0) is 22.9 Å². The number of amides is 2. The molecule has 1 unspecified atom stereocenters. The first kappa shape index (κ1) is 22.7. The van der Waals surface area contributed by atoms with E-state index in [4.69, 9.17) is 5.26 Å². The summed E-state index contributed by atoms with van der Waals surface area (Å²) in [6, 6.07) is 8.30. The quantitative estimate of drug-likeness (QED) is 0.686. The molecule has 1 aromatic heterocycles. The molecule has 2 aromatic rings. The van der Waals surface area contributed by atoms with E-state index in [1.165, 1.54) is 33.7 Å². The number of fused-ring (bicyclic) bond motifs is 1. The zero-order chi connectivity index (χ0) is 23.8. The minimum absolute atomic E-state index is 0.0504. The fraction of sp³-hybridized carbons (Fsp3) is 0.364. The number of rotatable bonds is 5. The SMILES string of the molecule is N#Cc1ccc(CNC(=O)c2ccc3n(c2=O)CCN(CC2CCCS2(=O)=O)C3=O)cc1F. The lowest BCUT2D eigenvalue weighted by atomic mass is 10.1. The van der Waals surface area contributed by atoms with E-state index in [0.717, 1.165) is 6.07 Å². The van der Waals surface area contributed by atoms with Crippen molar-refractivity contribution in [2.24, 2.45) is 0 Å². The van der Waals surface area contributed by atoms with Gasteiger partial charge in [0, 0.05) is 26.2 Å². The Bertz CT molecular complexity index is 1350. The molecule has 0 radical (unpaired) electrons. The normalized spacial score (nSPS) is 19.1. The highest BCUT2D eigenvalue weighted by atomic mass is 32.2. The fourth-order valence-corrected chi connectivity index (χ4v) is 6.00. The monoisotopic (exact) mass is 472 g/mol. The van der Waals surface area contributed by atoms with Crippen molar-refractivity contribution in [3.63, 3.8) is 0 Å². The van der Waals surface area contributed by atoms with Gasteiger partial charge in [-0.2, -0.15) is 5.26 Å². The van der Waals surface area contributed by atoms with E-state index in [1.54, 1.807) is 6.07 Å². The van der Waals surface area contributed by atoms with Gasteiger partial charge in [-0.1, -0.05) is 6.07 Å². The molecule has 1 N–H and O–H groups in total. The molecule has 2 aliphatic heterocycles. The number of sulfone groups is 1. The molecule has 0 aliphatic carbocycles. The Hall–Kier alpha value is -3.52. The van der Waals surface area contributed by atoms with E-state index < -0.39 is 38.3 Å². The summed E-state index contributed by atoms with van der Waals surface area (Å²) in [6.45, 7) is 0.367. The van der Waals surface area contributed by atoms with Gasteiger partial charge in [0.25, 0.3) is 17.4 Å². The molecule has 2 amide bonds. The van der Waals surface area contributed by atoms with Crippen LogP contribution in [0.15, 0.2) is 35.1 Å². The van der Waals surface area contributed by atoms with Crippen LogP contribution in [0.25, 0.3) is 0 Å². The number of hydrogen-bond donors (Lipinski definition) is 1. The second-order valence-corrected chi connectivity index (χ2v) is 10.5. The van der Waals surface area contributed by atoms with Crippen molar-refractivity contribution in [1.29, 1.82) is 5.26 Å². The average Bonchev–Trinajstić information content (AvgIpc) is 3.12. The van der Waals surface area contributed by atoms with Gasteiger partial charge >= 0.3 is 0 Å². The maximum atomic E-state index is 13.7. The number of halogens is 1. The zero-order valence-corrected chi connectivity index (χ0v) is 18.4. The third-order valence-electron chi connectivity index (χ3n) is 6.01. The molecule has 0 bridgehead atoms. The van der Waals surface area contributed by atoms with Crippen LogP contribution < -0.4 is 10.9 Å². The first-order valence-corrected chi connectivity index (χ1v) is 12.1. The maximum Gasteiger partial charge on any atom is 0.270 e. The van der Waals surface area contributed by atoms with Crippen LogP contribution in [0.5, 0.6) is 0 Å². The number of nitrogens with one attached hydrogen (secondary N) is 1. The number of aromatic nitrogens is 1. The molecule has 2 aliphatic rings. The summed E-state index contributed by atoms with van der Waals surface area (Å²) >= 11 is 0. The second kappa shape index (κ2) is 8.78. The predicted octanol–water partition coefficient (Wildman–Crippen LogP) is 0.822. The van der Waals surface area contributed by atoms with E-state index in [9.17, 15) is 27.2 Å². The zero-order valence-electron chi connectivity index (χ0n) is 17.6. The molecule has 9 nitrogen and oxygen atoms in total. The van der Waals surface area contributed by atoms with E-state index in [2.05, 4.69) is 5.32 Å². The Morgan fingerprint density at radius 3 is 2.67 bits per heavy atom. The second-order valence-electron chi connectivity index (χ2n) is 8.08. The van der Waals surface area contributed by atoms with Crippen molar-refractivity contribution in [2.75, 3.05) is 18.8 Å². The largest absolute Gasteiger partial charge is 0.348 e. The standard InChI is InChI=1S/C22H21FN4O5S/c23-18-10-14(3-4-15(18)11-24)12-25-20(28)17-5-6-19-22(30)26(7-8-27(19)21(17)29)13-16-2-1-9-33(16,31)32/h3-6,10,16H,1-2,7-9,12-13H2,(H,25,28). The van der Waals surface area contributed by atoms with Gasteiger partial charge in [-0.05, 0) is 42.7 Å². The molecule has 172 valence electrons. The van der Waals surface area contributed by atoms with Crippen LogP contribution in [0.4, 0.5) is 4.39 Å². The lowest BCUT2D eigenvalue weighted by Gasteiger charge is -2.31. The summed E-state index contributed by atoms with van der Waals surface area (Å²) in [5.74, 6) is -1.69. The van der Waals surface area contributed by atoms with Gasteiger partial charge in [-0.3, -0.25) is 14.4 Å². The first-order chi connectivity index (χ1) is 15.7. The first-order valence-electron chi connectivity index (χ1n) is 10.4. The maximum absolute atomic E-state index is 13.7. The fourth-order valence-electron chi connectivity index (χ4n) is 4.16. The predicted molar refractivity (Wildman–Crippen MR) is 116 cm³/mol. The van der Waals surface area contributed by atoms with Gasteiger partial charge in [0.1, 0.15) is 23.1 Å². The van der Waals surface area contributed by atoms with Crippen LogP contribution in [0.2, 0.25) is 0 Å². The summed E-state index contributed by atoms with van der Waals surface area (Å²) in [4.78, 5) is 39.7. The summed E-state index contributed by atoms with van der Waals surface area (Å²) in [7, 11) is -3.20. The molecule has 0 spiro atoms. The minimum Gasteiger partial charge on any atom is -0.348 e. The number of carbonyl (C=O) groups excluding carboxylic acids is 2. The Labute approximate surface area is 189 Å². The molecule has 1 saturated heterocycles. The molecule has 0 saturated carbocycles. The molecular formula is C22H21FN4O5S. The lowest BCUT2D eigenvalue weighted by molar-refractivity contribution is 0.0698. The van der Waals surface area contributed by atoms with E-state index >= 15 is 0 Å². The highest BCUT2D eigenvalue weighted by molar-refractivity contribution is 7.92. The molecule has 1 fully saturated rings. The van der Waals surface area contributed by atoms with Crippen LogP contribution >= 0.6 is 0 Å². The number of hydrogen-bond acceptors (Lipinski definition) is 6. The van der Waals surface area contributed by atoms with Gasteiger partial charge in [-0.25, -0.2) is 12.8 Å². The molecule has 1 atom stereocenters. The van der Waals surface area contributed by atoms with E-state index in [-0.39, 0.29) is 48.8 Å². The Morgan fingerprint density at radius 2 is 2.00 bits per heavy atom. The van der Waals surface area contributed by atoms with Gasteiger partial charge in [0.2, 0.25) is 0 Å². The topological polar surface area (TPSA) is 129 Å². The number of nitriles is 1. The van der Waals surface area contributed by atoms with E-state index in [1.807, 2.05) is 0 Å². The molecule has 33 heavy (non-hydrogen) atoms. The summed E-state index contributed by atoms with van der Waals surface area (Å²) in [5.41, 5.74) is -0.370. The molecular weight excluding hydrogens is 451 g/mol. The highest BCUT2D eigenvalue weighted by Crippen LogP contribution is 2.22. The van der Waals surface area contributed by atoms with Gasteiger partial charge in [0.15, 0.2) is 9.84 Å². The Kier molecular flexibility index (Phi) is 6.03. The van der Waals surface area contributed by atoms with Crippen LogP contribution in [0, 0.1) is 17.1 Å². The third-order valence-corrected chi connectivity index (χ3v) is 8.27. The van der Waals surface area contributed by atoms with Crippen molar-refractivity contribution < 1.29 is 22.4 Å². The summed E-state index contributed by atoms with van der Waals surface area (Å²) in [5, 5.41) is 10.7. The smallest absolute Gasteiger partial charge is 0.270 e. The van der Waals surface area contributed by atoms with Crippen LogP contribution in [0.1, 0.15) is 44.8 Å². The van der Waals surface area contributed by atoms with Crippen LogP contribution in [-0.4, -0.2) is 53.8 Å². The molecule has 3 heterocycles. The third kappa shape index (κ3) is 4.39. The van der Waals surface area contributed by atoms with Crippen molar-refractivity contribution in [3.05, 3.63) is 68.9 Å². The average molecular weight is 472 g/mol. The highest BCUT2D eigenvalue weighted by Gasteiger charge is 2.36. The number of nitrogens with zero attached hydrogens (tertiary/aromatic N) is 3. The van der Waals surface area contributed by atoms with Gasteiger partial charge in [-0.15, -0.1) is 0 Å². The van der Waals surface area contributed by atoms with E-state index in [0.29, 0.717) is 18.4 Å². The Balaban J connectivity index is 1.48. The van der Waals surface area contributed by atoms with Crippen molar-refractivity contribution in [3.8, 4) is 6.07 Å². The summed E-state index contributed by atoms with van der Waals surface area (Å²) < 4.78 is 39.2. The van der Waals surface area contributed by atoms with Crippen molar-refractivity contribution in [2.45, 2.75) is 31.2 Å². The number of pyridine rings is 1. The summed E-state index contributed by atoms with van der Waals surface area (Å²) in [6.07, 6.45) is 1.10. The van der Waals surface area contributed by atoms with Gasteiger partial charge < -0.3 is 14.8 Å². The number of carbonyl (C=O) groups is 2. The van der Waals surface area contributed by atoms with Gasteiger partial charge in [0.05, 0.1) is 16.6 Å². The molecule has 4 rings (SSSR count). The van der Waals surface area contributed by atoms with Crippen LogP contribution in [0.3, 0.4) is 0 Å². The minimum atomic E-state index is -3.20. The van der Waals surface area contributed by atoms with Crippen molar-refractivity contribution >= 4 is 21.7 Å². The Morgan fingerprint density at radius 1 is 1.21 bits per heavy atom.